The summed E-state index contributed by atoms with van der Waals surface area (Å²) in [7, 11) is 1.64. The van der Waals surface area contributed by atoms with Gasteiger partial charge in [-0.25, -0.2) is 4.79 Å². The van der Waals surface area contributed by atoms with Gasteiger partial charge < -0.3 is 9.30 Å². The van der Waals surface area contributed by atoms with Gasteiger partial charge in [-0.05, 0) is 6.92 Å². The Bertz CT molecular complexity index is 293. The lowest BCUT2D eigenvalue weighted by molar-refractivity contribution is 0.324. The average molecular weight is 154 g/mol. The predicted molar refractivity (Wildman–Crippen MR) is 40.6 cm³/mol. The highest BCUT2D eigenvalue weighted by Gasteiger charge is 1.94. The van der Waals surface area contributed by atoms with E-state index in [-0.39, 0.29) is 5.69 Å². The van der Waals surface area contributed by atoms with Gasteiger partial charge in [0.05, 0.1) is 6.61 Å². The highest BCUT2D eigenvalue weighted by atomic mass is 16.5. The minimum absolute atomic E-state index is 0.295. The van der Waals surface area contributed by atoms with E-state index in [0.717, 1.165) is 0 Å². The number of nitrogens with zero attached hydrogens (tertiary/aromatic N) is 2. The van der Waals surface area contributed by atoms with Crippen molar-refractivity contribution in [2.75, 3.05) is 6.61 Å². The van der Waals surface area contributed by atoms with Gasteiger partial charge in [-0.1, -0.05) is 0 Å². The Labute approximate surface area is 64.5 Å². The van der Waals surface area contributed by atoms with Gasteiger partial charge in [0.15, 0.2) is 0 Å². The Kier molecular flexibility index (Phi) is 2.25. The molecule has 0 aliphatic rings. The van der Waals surface area contributed by atoms with Crippen LogP contribution in [0.15, 0.2) is 17.1 Å². The van der Waals surface area contributed by atoms with Crippen molar-refractivity contribution in [3.8, 4) is 5.88 Å². The number of ether oxygens (including phenoxy) is 1. The summed E-state index contributed by atoms with van der Waals surface area (Å²) >= 11 is 0. The molecule has 4 heteroatoms. The van der Waals surface area contributed by atoms with Crippen molar-refractivity contribution in [1.82, 2.24) is 9.55 Å². The van der Waals surface area contributed by atoms with E-state index >= 15 is 0 Å². The monoisotopic (exact) mass is 154 g/mol. The van der Waals surface area contributed by atoms with Crippen molar-refractivity contribution in [2.45, 2.75) is 6.92 Å². The van der Waals surface area contributed by atoms with E-state index < -0.39 is 0 Å². The number of hydrogen-bond acceptors (Lipinski definition) is 3. The van der Waals surface area contributed by atoms with Crippen LogP contribution in [0.2, 0.25) is 0 Å². The van der Waals surface area contributed by atoms with Crippen molar-refractivity contribution in [3.05, 3.63) is 22.7 Å². The first-order valence-corrected chi connectivity index (χ1v) is 3.40. The smallest absolute Gasteiger partial charge is 0.350 e. The molecule has 0 N–H and O–H groups in total. The van der Waals surface area contributed by atoms with Crippen molar-refractivity contribution in [3.63, 3.8) is 0 Å². The van der Waals surface area contributed by atoms with E-state index in [2.05, 4.69) is 4.98 Å². The molecule has 0 saturated carbocycles. The molecular weight excluding hydrogens is 144 g/mol. The zero-order valence-corrected chi connectivity index (χ0v) is 6.57. The quantitative estimate of drug-likeness (QED) is 0.610. The summed E-state index contributed by atoms with van der Waals surface area (Å²) in [4.78, 5) is 14.5. The molecule has 0 saturated heterocycles. The summed E-state index contributed by atoms with van der Waals surface area (Å²) in [5.74, 6) is 0.385. The molecule has 0 aliphatic heterocycles. The molecule has 0 aromatic carbocycles. The Morgan fingerprint density at radius 1 is 1.73 bits per heavy atom. The summed E-state index contributed by atoms with van der Waals surface area (Å²) < 4.78 is 6.41. The predicted octanol–water partition coefficient (Wildman–Crippen LogP) is 0.179. The molecule has 60 valence electrons. The molecule has 0 fully saturated rings. The van der Waals surface area contributed by atoms with Crippen molar-refractivity contribution < 1.29 is 4.74 Å². The van der Waals surface area contributed by atoms with Crippen LogP contribution in [-0.2, 0) is 7.05 Å². The molecule has 0 atom stereocenters. The third kappa shape index (κ3) is 1.80. The Morgan fingerprint density at radius 3 is 3.00 bits per heavy atom. The molecule has 0 bridgehead atoms. The van der Waals surface area contributed by atoms with E-state index in [1.807, 2.05) is 6.92 Å². The standard InChI is InChI=1S/C7H10N2O2/c1-3-11-6-4-5-9(2)7(10)8-6/h4-5H,3H2,1-2H3. The van der Waals surface area contributed by atoms with Gasteiger partial charge in [0.2, 0.25) is 5.88 Å². The zero-order chi connectivity index (χ0) is 8.27. The third-order valence-corrected chi connectivity index (χ3v) is 1.24. The molecule has 0 spiro atoms. The van der Waals surface area contributed by atoms with Crippen LogP contribution >= 0.6 is 0 Å². The summed E-state index contributed by atoms with van der Waals surface area (Å²) in [5, 5.41) is 0. The van der Waals surface area contributed by atoms with E-state index in [1.165, 1.54) is 4.57 Å². The maximum atomic E-state index is 10.9. The highest BCUT2D eigenvalue weighted by molar-refractivity contribution is 5.05. The molecule has 4 nitrogen and oxygen atoms in total. The minimum Gasteiger partial charge on any atom is -0.478 e. The topological polar surface area (TPSA) is 44.1 Å². The van der Waals surface area contributed by atoms with Crippen LogP contribution < -0.4 is 10.4 Å². The first kappa shape index (κ1) is 7.78. The van der Waals surface area contributed by atoms with Gasteiger partial charge in [-0.3, -0.25) is 0 Å². The summed E-state index contributed by atoms with van der Waals surface area (Å²) in [6, 6.07) is 1.66. The van der Waals surface area contributed by atoms with Gasteiger partial charge in [-0.15, -0.1) is 0 Å². The maximum Gasteiger partial charge on any atom is 0.350 e. The highest BCUT2D eigenvalue weighted by Crippen LogP contribution is 1.98. The van der Waals surface area contributed by atoms with E-state index in [4.69, 9.17) is 4.74 Å². The summed E-state index contributed by atoms with van der Waals surface area (Å²) in [6.07, 6.45) is 1.63. The second-order valence-corrected chi connectivity index (χ2v) is 2.09. The second kappa shape index (κ2) is 3.18. The van der Waals surface area contributed by atoms with Crippen molar-refractivity contribution in [1.29, 1.82) is 0 Å². The van der Waals surface area contributed by atoms with Crippen LogP contribution in [0.25, 0.3) is 0 Å². The molecule has 11 heavy (non-hydrogen) atoms. The fourth-order valence-electron chi connectivity index (χ4n) is 0.678. The molecule has 0 aliphatic carbocycles. The van der Waals surface area contributed by atoms with Crippen LogP contribution in [0.1, 0.15) is 6.92 Å². The summed E-state index contributed by atoms with van der Waals surface area (Å²) in [6.45, 7) is 2.37. The fraction of sp³-hybridized carbons (Fsp3) is 0.429. The van der Waals surface area contributed by atoms with Gasteiger partial charge in [0, 0.05) is 19.3 Å². The fourth-order valence-corrected chi connectivity index (χ4v) is 0.678. The maximum absolute atomic E-state index is 10.9. The van der Waals surface area contributed by atoms with Crippen LogP contribution in [0.3, 0.4) is 0 Å². The second-order valence-electron chi connectivity index (χ2n) is 2.09. The SMILES string of the molecule is CCOc1ccn(C)c(=O)n1. The molecule has 0 unspecified atom stereocenters. The number of aromatic nitrogens is 2. The van der Waals surface area contributed by atoms with Crippen molar-refractivity contribution >= 4 is 0 Å². The minimum atomic E-state index is -0.295. The Balaban J connectivity index is 2.96. The molecule has 0 amide bonds. The Morgan fingerprint density at radius 2 is 2.45 bits per heavy atom. The Hall–Kier alpha value is -1.32. The number of aryl methyl sites for hydroxylation is 1. The van der Waals surface area contributed by atoms with Crippen LogP contribution in [-0.4, -0.2) is 16.2 Å². The summed E-state index contributed by atoms with van der Waals surface area (Å²) in [5.41, 5.74) is -0.295. The van der Waals surface area contributed by atoms with E-state index in [0.29, 0.717) is 12.5 Å². The normalized spacial score (nSPS) is 9.64. The first-order chi connectivity index (χ1) is 5.24. The number of rotatable bonds is 2. The van der Waals surface area contributed by atoms with Gasteiger partial charge in [-0.2, -0.15) is 4.98 Å². The zero-order valence-electron chi connectivity index (χ0n) is 6.57. The lowest BCUT2D eigenvalue weighted by Crippen LogP contribution is -2.19. The molecule has 1 heterocycles. The van der Waals surface area contributed by atoms with Crippen molar-refractivity contribution in [2.24, 2.45) is 7.05 Å². The third-order valence-electron chi connectivity index (χ3n) is 1.24. The average Bonchev–Trinajstić information content (AvgIpc) is 1.98. The van der Waals surface area contributed by atoms with Gasteiger partial charge in [0.25, 0.3) is 0 Å². The molecule has 0 radical (unpaired) electrons. The van der Waals surface area contributed by atoms with Crippen LogP contribution in [0, 0.1) is 0 Å². The van der Waals surface area contributed by atoms with E-state index in [1.54, 1.807) is 19.3 Å². The molecule has 1 aromatic rings. The van der Waals surface area contributed by atoms with Crippen LogP contribution in [0.5, 0.6) is 5.88 Å². The molecule has 1 rings (SSSR count). The van der Waals surface area contributed by atoms with Crippen LogP contribution in [0.4, 0.5) is 0 Å². The lowest BCUT2D eigenvalue weighted by atomic mass is 10.6. The number of hydrogen-bond donors (Lipinski definition) is 0. The molecular formula is C7H10N2O2. The largest absolute Gasteiger partial charge is 0.478 e. The lowest BCUT2D eigenvalue weighted by Gasteiger charge is -2.00. The van der Waals surface area contributed by atoms with Gasteiger partial charge >= 0.3 is 5.69 Å². The van der Waals surface area contributed by atoms with E-state index in [9.17, 15) is 4.79 Å². The first-order valence-electron chi connectivity index (χ1n) is 3.40. The molecule has 1 aromatic heterocycles. The van der Waals surface area contributed by atoms with Gasteiger partial charge in [0.1, 0.15) is 0 Å².